The smallest absolute Gasteiger partial charge is 0.170 e. The average molecular weight is 358 g/mol. The summed E-state index contributed by atoms with van der Waals surface area (Å²) in [6.07, 6.45) is 5.57. The van der Waals surface area contributed by atoms with Crippen molar-refractivity contribution < 1.29 is 4.42 Å². The fourth-order valence-electron chi connectivity index (χ4n) is 3.36. The van der Waals surface area contributed by atoms with E-state index in [1.807, 2.05) is 12.1 Å². The Kier molecular flexibility index (Phi) is 6.10. The molecule has 0 aliphatic carbocycles. The number of aryl methyl sites for hydroxylation is 1. The van der Waals surface area contributed by atoms with Crippen LogP contribution in [0.15, 0.2) is 41.0 Å². The molecule has 0 radical (unpaired) electrons. The van der Waals surface area contributed by atoms with Crippen LogP contribution >= 0.6 is 12.2 Å². The minimum Gasteiger partial charge on any atom is -0.468 e. The minimum atomic E-state index is 0.216. The molecular weight excluding hydrogens is 330 g/mol. The Balaban J connectivity index is 1.62. The molecule has 5 heteroatoms. The van der Waals surface area contributed by atoms with Crippen molar-refractivity contribution in [2.75, 3.05) is 25.0 Å². The predicted octanol–water partition coefficient (Wildman–Crippen LogP) is 4.41. The molecule has 0 bridgehead atoms. The number of nitrogens with one attached hydrogen (secondary N) is 2. The first kappa shape index (κ1) is 18.0. The molecule has 1 aliphatic rings. The van der Waals surface area contributed by atoms with Gasteiger partial charge in [0.05, 0.1) is 12.3 Å². The molecule has 1 fully saturated rings. The monoisotopic (exact) mass is 357 g/mol. The van der Waals surface area contributed by atoms with Gasteiger partial charge in [0, 0.05) is 12.2 Å². The summed E-state index contributed by atoms with van der Waals surface area (Å²) in [5, 5.41) is 7.36. The van der Waals surface area contributed by atoms with Gasteiger partial charge in [0.15, 0.2) is 5.11 Å². The summed E-state index contributed by atoms with van der Waals surface area (Å²) in [4.78, 5) is 2.50. The Morgan fingerprint density at radius 3 is 2.68 bits per heavy atom. The van der Waals surface area contributed by atoms with Crippen LogP contribution in [-0.4, -0.2) is 29.6 Å². The van der Waals surface area contributed by atoms with E-state index in [2.05, 4.69) is 47.6 Å². The molecule has 2 aromatic rings. The molecule has 1 aliphatic heterocycles. The lowest BCUT2D eigenvalue weighted by atomic mass is 10.1. The lowest BCUT2D eigenvalue weighted by Gasteiger charge is -2.33. The van der Waals surface area contributed by atoms with Gasteiger partial charge in [-0.2, -0.15) is 0 Å². The van der Waals surface area contributed by atoms with Gasteiger partial charge in [-0.3, -0.25) is 4.90 Å². The number of likely N-dealkylation sites (tertiary alicyclic amines) is 1. The van der Waals surface area contributed by atoms with E-state index in [1.165, 1.54) is 30.4 Å². The summed E-state index contributed by atoms with van der Waals surface area (Å²) in [5.41, 5.74) is 3.55. The molecule has 0 spiro atoms. The third kappa shape index (κ3) is 4.61. The first-order valence-electron chi connectivity index (χ1n) is 9.03. The second-order valence-electron chi connectivity index (χ2n) is 6.71. The first-order chi connectivity index (χ1) is 12.1. The molecule has 1 unspecified atom stereocenters. The summed E-state index contributed by atoms with van der Waals surface area (Å²) >= 11 is 5.52. The fourth-order valence-corrected chi connectivity index (χ4v) is 3.56. The summed E-state index contributed by atoms with van der Waals surface area (Å²) in [5.74, 6) is 1.00. The molecule has 1 aromatic heterocycles. The third-order valence-corrected chi connectivity index (χ3v) is 5.26. The molecule has 0 amide bonds. The number of benzene rings is 1. The number of thiocarbonyl (C=S) groups is 1. The highest BCUT2D eigenvalue weighted by Gasteiger charge is 2.24. The summed E-state index contributed by atoms with van der Waals surface area (Å²) < 4.78 is 5.69. The maximum atomic E-state index is 5.69. The van der Waals surface area contributed by atoms with Gasteiger partial charge in [-0.15, -0.1) is 0 Å². The van der Waals surface area contributed by atoms with E-state index >= 15 is 0 Å². The maximum Gasteiger partial charge on any atom is 0.170 e. The zero-order chi connectivity index (χ0) is 17.6. The van der Waals surface area contributed by atoms with E-state index in [0.29, 0.717) is 5.11 Å². The molecule has 3 rings (SSSR count). The maximum absolute atomic E-state index is 5.69. The van der Waals surface area contributed by atoms with Crippen molar-refractivity contribution in [3.05, 3.63) is 53.5 Å². The minimum absolute atomic E-state index is 0.216. The van der Waals surface area contributed by atoms with Gasteiger partial charge < -0.3 is 15.1 Å². The molecule has 0 saturated carbocycles. The molecule has 2 heterocycles. The lowest BCUT2D eigenvalue weighted by Crippen LogP contribution is -2.41. The lowest BCUT2D eigenvalue weighted by molar-refractivity contribution is 0.146. The zero-order valence-corrected chi connectivity index (χ0v) is 15.9. The Bertz CT molecular complexity index is 693. The zero-order valence-electron chi connectivity index (χ0n) is 15.0. The number of hydrogen-bond donors (Lipinski definition) is 2. The fraction of sp³-hybridized carbons (Fsp3) is 0.450. The third-order valence-electron chi connectivity index (χ3n) is 5.01. The SMILES string of the molecule is Cc1cccc(NC(=S)NCC(c2ccco2)N2CCCCC2)c1C. The van der Waals surface area contributed by atoms with Gasteiger partial charge in [-0.1, -0.05) is 18.6 Å². The Morgan fingerprint density at radius 1 is 1.16 bits per heavy atom. The standard InChI is InChI=1S/C20H27N3OS/c1-15-8-6-9-17(16(15)2)22-20(25)21-14-18(19-10-7-13-24-19)23-11-4-3-5-12-23/h6-10,13,18H,3-5,11-12,14H2,1-2H3,(H2,21,22,25). The van der Waals surface area contributed by atoms with Crippen LogP contribution in [0.1, 0.15) is 42.2 Å². The summed E-state index contributed by atoms with van der Waals surface area (Å²) in [6, 6.07) is 10.5. The van der Waals surface area contributed by atoms with Crippen LogP contribution in [0.25, 0.3) is 0 Å². The van der Waals surface area contributed by atoms with Crippen LogP contribution in [-0.2, 0) is 0 Å². The normalized spacial score (nSPS) is 16.4. The number of rotatable bonds is 5. The highest BCUT2D eigenvalue weighted by Crippen LogP contribution is 2.24. The van der Waals surface area contributed by atoms with Crippen molar-refractivity contribution in [2.24, 2.45) is 0 Å². The highest BCUT2D eigenvalue weighted by atomic mass is 32.1. The second kappa shape index (κ2) is 8.50. The molecule has 1 saturated heterocycles. The van der Waals surface area contributed by atoms with Gasteiger partial charge in [0.2, 0.25) is 0 Å². The quantitative estimate of drug-likeness (QED) is 0.776. The number of furan rings is 1. The van der Waals surface area contributed by atoms with Gasteiger partial charge in [-0.25, -0.2) is 0 Å². The van der Waals surface area contributed by atoms with E-state index in [1.54, 1.807) is 6.26 Å². The van der Waals surface area contributed by atoms with Crippen molar-refractivity contribution in [1.82, 2.24) is 10.2 Å². The van der Waals surface area contributed by atoms with Gasteiger partial charge >= 0.3 is 0 Å². The Labute approximate surface area is 155 Å². The van der Waals surface area contributed by atoms with Crippen molar-refractivity contribution in [3.8, 4) is 0 Å². The largest absolute Gasteiger partial charge is 0.468 e. The van der Waals surface area contributed by atoms with E-state index in [-0.39, 0.29) is 6.04 Å². The van der Waals surface area contributed by atoms with E-state index in [9.17, 15) is 0 Å². The van der Waals surface area contributed by atoms with Crippen molar-refractivity contribution >= 4 is 23.0 Å². The molecule has 1 atom stereocenters. The number of hydrogen-bond acceptors (Lipinski definition) is 3. The number of anilines is 1. The molecular formula is C20H27N3OS. The Morgan fingerprint density at radius 2 is 1.96 bits per heavy atom. The summed E-state index contributed by atoms with van der Waals surface area (Å²) in [7, 11) is 0. The van der Waals surface area contributed by atoms with E-state index < -0.39 is 0 Å². The van der Waals surface area contributed by atoms with Crippen molar-refractivity contribution in [2.45, 2.75) is 39.2 Å². The second-order valence-corrected chi connectivity index (χ2v) is 7.12. The topological polar surface area (TPSA) is 40.4 Å². The van der Waals surface area contributed by atoms with Crippen LogP contribution in [0.2, 0.25) is 0 Å². The van der Waals surface area contributed by atoms with E-state index in [4.69, 9.17) is 16.6 Å². The van der Waals surface area contributed by atoms with Crippen LogP contribution in [0, 0.1) is 13.8 Å². The van der Waals surface area contributed by atoms with Crippen molar-refractivity contribution in [1.29, 1.82) is 0 Å². The predicted molar refractivity (Wildman–Crippen MR) is 107 cm³/mol. The number of piperidine rings is 1. The van der Waals surface area contributed by atoms with Crippen LogP contribution in [0.5, 0.6) is 0 Å². The molecule has 4 nitrogen and oxygen atoms in total. The number of nitrogens with zero attached hydrogens (tertiary/aromatic N) is 1. The Hall–Kier alpha value is -1.85. The molecule has 25 heavy (non-hydrogen) atoms. The van der Waals surface area contributed by atoms with Gasteiger partial charge in [0.25, 0.3) is 0 Å². The van der Waals surface area contributed by atoms with Gasteiger partial charge in [0.1, 0.15) is 5.76 Å². The highest BCUT2D eigenvalue weighted by molar-refractivity contribution is 7.80. The summed E-state index contributed by atoms with van der Waals surface area (Å²) in [6.45, 7) is 7.19. The van der Waals surface area contributed by atoms with Crippen molar-refractivity contribution in [3.63, 3.8) is 0 Å². The molecule has 1 aromatic carbocycles. The molecule has 2 N–H and O–H groups in total. The van der Waals surface area contributed by atoms with E-state index in [0.717, 1.165) is 31.1 Å². The van der Waals surface area contributed by atoms with Gasteiger partial charge in [-0.05, 0) is 81.3 Å². The molecule has 134 valence electrons. The average Bonchev–Trinajstić information content (AvgIpc) is 3.14. The first-order valence-corrected chi connectivity index (χ1v) is 9.44. The van der Waals surface area contributed by atoms with Crippen LogP contribution < -0.4 is 10.6 Å². The van der Waals surface area contributed by atoms with Crippen LogP contribution in [0.4, 0.5) is 5.69 Å². The van der Waals surface area contributed by atoms with Crippen LogP contribution in [0.3, 0.4) is 0 Å².